The van der Waals surface area contributed by atoms with E-state index in [9.17, 15) is 18.0 Å². The third-order valence-corrected chi connectivity index (χ3v) is 6.38. The first-order valence-electron chi connectivity index (χ1n) is 12.5. The van der Waals surface area contributed by atoms with Gasteiger partial charge in [0.05, 0.1) is 35.5 Å². The first kappa shape index (κ1) is 26.6. The van der Waals surface area contributed by atoms with Gasteiger partial charge in [-0.3, -0.25) is 14.7 Å². The molecule has 1 saturated heterocycles. The van der Waals surface area contributed by atoms with Gasteiger partial charge in [-0.15, -0.1) is 0 Å². The van der Waals surface area contributed by atoms with Crippen LogP contribution in [0.4, 0.5) is 24.7 Å². The molecule has 0 radical (unpaired) electrons. The molecule has 202 valence electrons. The topological polar surface area (TPSA) is 93.1 Å². The summed E-state index contributed by atoms with van der Waals surface area (Å²) in [6.45, 7) is 7.32. The quantitative estimate of drug-likeness (QED) is 0.316. The third-order valence-electron chi connectivity index (χ3n) is 6.38. The first-order chi connectivity index (χ1) is 18.6. The number of hydrogen-bond acceptors (Lipinski definition) is 8. The molecule has 1 aromatic carbocycles. The van der Waals surface area contributed by atoms with Crippen LogP contribution >= 0.6 is 0 Å². The average Bonchev–Trinajstić information content (AvgIpc) is 2.87. The van der Waals surface area contributed by atoms with E-state index in [-0.39, 0.29) is 29.2 Å². The van der Waals surface area contributed by atoms with Gasteiger partial charge in [0.2, 0.25) is 0 Å². The highest BCUT2D eigenvalue weighted by molar-refractivity contribution is 5.95. The second-order valence-corrected chi connectivity index (χ2v) is 9.69. The molecule has 4 heterocycles. The summed E-state index contributed by atoms with van der Waals surface area (Å²) in [7, 11) is 0. The molecule has 1 aliphatic heterocycles. The van der Waals surface area contributed by atoms with E-state index < -0.39 is 11.7 Å². The molecule has 39 heavy (non-hydrogen) atoms. The van der Waals surface area contributed by atoms with Gasteiger partial charge in [0.1, 0.15) is 11.3 Å². The molecular formula is C28H27F3N6O2. The van der Waals surface area contributed by atoms with Crippen molar-refractivity contribution in [2.75, 3.05) is 18.4 Å². The molecule has 1 fully saturated rings. The molecule has 0 unspecified atom stereocenters. The molecule has 3 aromatic heterocycles. The summed E-state index contributed by atoms with van der Waals surface area (Å²) in [5.41, 5.74) is 1.16. The number of nitrogens with zero attached hydrogens (tertiary/aromatic N) is 5. The van der Waals surface area contributed by atoms with Crippen LogP contribution in [0.25, 0.3) is 22.3 Å². The van der Waals surface area contributed by atoms with Gasteiger partial charge in [-0.2, -0.15) is 13.2 Å². The van der Waals surface area contributed by atoms with Crippen molar-refractivity contribution in [3.63, 3.8) is 0 Å². The molecule has 4 aromatic rings. The molecule has 0 bridgehead atoms. The summed E-state index contributed by atoms with van der Waals surface area (Å²) in [4.78, 5) is 31.7. The van der Waals surface area contributed by atoms with Gasteiger partial charge in [0.25, 0.3) is 0 Å². The summed E-state index contributed by atoms with van der Waals surface area (Å²) in [5.74, 6) is 0.846. The smallest absolute Gasteiger partial charge is 0.373 e. The monoisotopic (exact) mass is 536 g/mol. The van der Waals surface area contributed by atoms with Crippen molar-refractivity contribution in [1.82, 2.24) is 24.8 Å². The Morgan fingerprint density at radius 3 is 2.46 bits per heavy atom. The number of rotatable bonds is 6. The van der Waals surface area contributed by atoms with Gasteiger partial charge < -0.3 is 10.1 Å². The highest BCUT2D eigenvalue weighted by atomic mass is 19.4. The zero-order valence-electron chi connectivity index (χ0n) is 21.7. The van der Waals surface area contributed by atoms with Gasteiger partial charge in [-0.25, -0.2) is 15.0 Å². The Kier molecular flexibility index (Phi) is 7.28. The van der Waals surface area contributed by atoms with Crippen LogP contribution in [0.15, 0.2) is 54.9 Å². The van der Waals surface area contributed by atoms with Gasteiger partial charge >= 0.3 is 6.18 Å². The van der Waals surface area contributed by atoms with E-state index in [2.05, 4.69) is 25.2 Å². The van der Waals surface area contributed by atoms with E-state index in [0.29, 0.717) is 53.6 Å². The van der Waals surface area contributed by atoms with Crippen LogP contribution in [-0.2, 0) is 17.5 Å². The molecule has 11 heteroatoms. The standard InChI is InChI=1S/C28H27F3N6O2/c1-16-13-37(14-17(2)39-16)15-24-35-23-11-20(25-22(28(29,30)31)5-4-10-32-25)12-33-26(23)27(36-24)34-21-8-6-19(7-9-21)18(3)38/h4-12,16-17H,13-15H2,1-3H3,(H,34,35,36)/t16-,17+. The summed E-state index contributed by atoms with van der Waals surface area (Å²) in [6.07, 6.45) is -1.82. The van der Waals surface area contributed by atoms with Crippen molar-refractivity contribution in [3.8, 4) is 11.3 Å². The van der Waals surface area contributed by atoms with Crippen molar-refractivity contribution in [2.24, 2.45) is 0 Å². The maximum atomic E-state index is 13.7. The lowest BCUT2D eigenvalue weighted by molar-refractivity contribution is -0.137. The fourth-order valence-electron chi connectivity index (χ4n) is 4.76. The second kappa shape index (κ2) is 10.7. The van der Waals surface area contributed by atoms with Gasteiger partial charge in [-0.05, 0) is 63.2 Å². The molecule has 0 amide bonds. The molecule has 8 nitrogen and oxygen atoms in total. The summed E-state index contributed by atoms with van der Waals surface area (Å²) < 4.78 is 46.9. The number of halogens is 3. The minimum atomic E-state index is -4.57. The Morgan fingerprint density at radius 2 is 1.79 bits per heavy atom. The number of carbonyl (C=O) groups is 1. The number of fused-ring (bicyclic) bond motifs is 1. The lowest BCUT2D eigenvalue weighted by Gasteiger charge is -2.34. The highest BCUT2D eigenvalue weighted by Crippen LogP contribution is 2.36. The Morgan fingerprint density at radius 1 is 1.08 bits per heavy atom. The number of anilines is 2. The van der Waals surface area contributed by atoms with E-state index in [1.165, 1.54) is 25.4 Å². The number of ketones is 1. The van der Waals surface area contributed by atoms with Crippen LogP contribution in [0, 0.1) is 0 Å². The lowest BCUT2D eigenvalue weighted by Crippen LogP contribution is -2.45. The number of morpholine rings is 1. The van der Waals surface area contributed by atoms with E-state index in [4.69, 9.17) is 9.72 Å². The fourth-order valence-corrected chi connectivity index (χ4v) is 4.76. The predicted octanol–water partition coefficient (Wildman–Crippen LogP) is 5.66. The Balaban J connectivity index is 1.57. The number of Topliss-reactive ketones (excluding diaryl/α,β-unsaturated/α-hetero) is 1. The number of pyridine rings is 2. The lowest BCUT2D eigenvalue weighted by atomic mass is 10.1. The van der Waals surface area contributed by atoms with Crippen molar-refractivity contribution < 1.29 is 22.7 Å². The third kappa shape index (κ3) is 6.04. The van der Waals surface area contributed by atoms with E-state index in [1.807, 2.05) is 13.8 Å². The largest absolute Gasteiger partial charge is 0.418 e. The van der Waals surface area contributed by atoms with Crippen molar-refractivity contribution in [3.05, 3.63) is 71.8 Å². The molecular weight excluding hydrogens is 509 g/mol. The maximum absolute atomic E-state index is 13.7. The number of benzene rings is 1. The van der Waals surface area contributed by atoms with Gasteiger partial charge in [0, 0.05) is 42.3 Å². The highest BCUT2D eigenvalue weighted by Gasteiger charge is 2.34. The number of ether oxygens (including phenoxy) is 1. The SMILES string of the molecule is CC(=O)c1ccc(Nc2nc(CN3C[C@@H](C)O[C@@H](C)C3)nc3cc(-c4ncccc4C(F)(F)F)cnc23)cc1. The minimum absolute atomic E-state index is 0.0461. The van der Waals surface area contributed by atoms with Crippen LogP contribution in [0.3, 0.4) is 0 Å². The van der Waals surface area contributed by atoms with Crippen LogP contribution in [-0.4, -0.2) is 55.9 Å². The summed E-state index contributed by atoms with van der Waals surface area (Å²) in [6, 6.07) is 10.7. The number of nitrogens with one attached hydrogen (secondary N) is 1. The van der Waals surface area contributed by atoms with Crippen LogP contribution in [0.5, 0.6) is 0 Å². The number of alkyl halides is 3. The van der Waals surface area contributed by atoms with E-state index in [1.54, 1.807) is 30.3 Å². The normalized spacial score (nSPS) is 18.3. The minimum Gasteiger partial charge on any atom is -0.373 e. The van der Waals surface area contributed by atoms with Crippen LogP contribution < -0.4 is 5.32 Å². The van der Waals surface area contributed by atoms with Crippen LogP contribution in [0.1, 0.15) is 42.5 Å². The average molecular weight is 537 g/mol. The Hall–Kier alpha value is -3.96. The van der Waals surface area contributed by atoms with E-state index >= 15 is 0 Å². The Bertz CT molecular complexity index is 1500. The number of carbonyl (C=O) groups excluding carboxylic acids is 1. The van der Waals surface area contributed by atoms with Gasteiger partial charge in [-0.1, -0.05) is 0 Å². The van der Waals surface area contributed by atoms with Crippen molar-refractivity contribution in [1.29, 1.82) is 0 Å². The Labute approximate surface area is 223 Å². The molecule has 1 N–H and O–H groups in total. The summed E-state index contributed by atoms with van der Waals surface area (Å²) in [5, 5.41) is 3.24. The van der Waals surface area contributed by atoms with E-state index in [0.717, 1.165) is 6.07 Å². The first-order valence-corrected chi connectivity index (χ1v) is 12.5. The second-order valence-electron chi connectivity index (χ2n) is 9.69. The van der Waals surface area contributed by atoms with Crippen LogP contribution in [0.2, 0.25) is 0 Å². The van der Waals surface area contributed by atoms with Crippen molar-refractivity contribution in [2.45, 2.75) is 45.7 Å². The zero-order valence-corrected chi connectivity index (χ0v) is 21.7. The fraction of sp³-hybridized carbons (Fsp3) is 0.321. The maximum Gasteiger partial charge on any atom is 0.418 e. The number of aromatic nitrogens is 4. The molecule has 0 saturated carbocycles. The summed E-state index contributed by atoms with van der Waals surface area (Å²) >= 11 is 0. The predicted molar refractivity (Wildman–Crippen MR) is 141 cm³/mol. The van der Waals surface area contributed by atoms with Gasteiger partial charge in [0.15, 0.2) is 11.6 Å². The number of hydrogen-bond donors (Lipinski definition) is 1. The molecule has 0 spiro atoms. The molecule has 2 atom stereocenters. The molecule has 0 aliphatic carbocycles. The molecule has 1 aliphatic rings. The van der Waals surface area contributed by atoms with Crippen molar-refractivity contribution >= 4 is 28.3 Å². The molecule has 5 rings (SSSR count). The zero-order chi connectivity index (χ0) is 27.7.